The molecule has 2 amide bonds. The van der Waals surface area contributed by atoms with Crippen LogP contribution < -0.4 is 5.32 Å². The first-order valence-corrected chi connectivity index (χ1v) is 8.40. The van der Waals surface area contributed by atoms with Crippen molar-refractivity contribution < 1.29 is 9.21 Å². The lowest BCUT2D eigenvalue weighted by Crippen LogP contribution is -2.39. The number of carbonyl (C=O) groups excluding carboxylic acids is 1. The van der Waals surface area contributed by atoms with Gasteiger partial charge in [0.05, 0.1) is 25.0 Å². The van der Waals surface area contributed by atoms with Gasteiger partial charge in [-0.2, -0.15) is 0 Å². The number of carbonyl (C=O) groups is 1. The number of hydrogen-bond acceptors (Lipinski definition) is 4. The fourth-order valence-electron chi connectivity index (χ4n) is 2.14. The summed E-state index contributed by atoms with van der Waals surface area (Å²) in [7, 11) is 1.95. The molecule has 0 saturated carbocycles. The van der Waals surface area contributed by atoms with Crippen LogP contribution >= 0.6 is 11.8 Å². The highest BCUT2D eigenvalue weighted by Crippen LogP contribution is 2.14. The maximum absolute atomic E-state index is 12.3. The average molecular weight is 322 g/mol. The molecule has 0 saturated heterocycles. The number of furan rings is 1. The SMILES string of the molecule is CCN(Cc1ccc(C)o1)C(=O)NCc1cnc(SC)n1C. The van der Waals surface area contributed by atoms with Gasteiger partial charge in [0.25, 0.3) is 0 Å². The molecule has 2 aromatic heterocycles. The molecule has 0 spiro atoms. The third-order valence-electron chi connectivity index (χ3n) is 3.46. The fraction of sp³-hybridized carbons (Fsp3) is 0.467. The fourth-order valence-corrected chi connectivity index (χ4v) is 2.69. The molecule has 22 heavy (non-hydrogen) atoms. The molecule has 2 heterocycles. The Kier molecular flexibility index (Phi) is 5.54. The van der Waals surface area contributed by atoms with E-state index in [1.165, 1.54) is 0 Å². The predicted molar refractivity (Wildman–Crippen MR) is 86.8 cm³/mol. The van der Waals surface area contributed by atoms with Gasteiger partial charge in [-0.25, -0.2) is 9.78 Å². The maximum atomic E-state index is 12.3. The molecule has 0 aliphatic heterocycles. The summed E-state index contributed by atoms with van der Waals surface area (Å²) in [6, 6.07) is 3.70. The van der Waals surface area contributed by atoms with Crippen LogP contribution in [0, 0.1) is 6.92 Å². The van der Waals surface area contributed by atoms with Crippen molar-refractivity contribution in [1.82, 2.24) is 19.8 Å². The molecule has 0 atom stereocenters. The first kappa shape index (κ1) is 16.5. The van der Waals surface area contributed by atoms with E-state index in [0.29, 0.717) is 19.6 Å². The zero-order chi connectivity index (χ0) is 16.1. The number of aryl methyl sites for hydroxylation is 1. The van der Waals surface area contributed by atoms with Gasteiger partial charge >= 0.3 is 6.03 Å². The molecule has 0 aliphatic carbocycles. The van der Waals surface area contributed by atoms with E-state index in [1.54, 1.807) is 22.9 Å². The highest BCUT2D eigenvalue weighted by molar-refractivity contribution is 7.98. The number of aromatic nitrogens is 2. The Morgan fingerprint density at radius 3 is 2.82 bits per heavy atom. The highest BCUT2D eigenvalue weighted by Gasteiger charge is 2.14. The molecule has 0 unspecified atom stereocenters. The Morgan fingerprint density at radius 2 is 2.27 bits per heavy atom. The zero-order valence-corrected chi connectivity index (χ0v) is 14.2. The summed E-state index contributed by atoms with van der Waals surface area (Å²) < 4.78 is 7.51. The minimum Gasteiger partial charge on any atom is -0.464 e. The van der Waals surface area contributed by atoms with Crippen LogP contribution in [0.2, 0.25) is 0 Å². The first-order chi connectivity index (χ1) is 10.5. The van der Waals surface area contributed by atoms with Crippen LogP contribution in [0.15, 0.2) is 27.9 Å². The number of hydrogen-bond donors (Lipinski definition) is 1. The lowest BCUT2D eigenvalue weighted by Gasteiger charge is -2.20. The standard InChI is InChI=1S/C15H22N4O2S/c1-5-19(10-13-7-6-11(2)21-13)14(20)16-8-12-9-17-15(22-4)18(12)3/h6-7,9H,5,8,10H2,1-4H3,(H,16,20). The van der Waals surface area contributed by atoms with Crippen molar-refractivity contribution in [2.45, 2.75) is 32.1 Å². The molecule has 0 fully saturated rings. The van der Waals surface area contributed by atoms with Crippen LogP contribution in [-0.4, -0.2) is 33.3 Å². The van der Waals surface area contributed by atoms with Crippen molar-refractivity contribution in [3.8, 4) is 0 Å². The summed E-state index contributed by atoms with van der Waals surface area (Å²) in [5.74, 6) is 1.64. The van der Waals surface area contributed by atoms with Crippen molar-refractivity contribution in [2.24, 2.45) is 7.05 Å². The van der Waals surface area contributed by atoms with Crippen molar-refractivity contribution in [2.75, 3.05) is 12.8 Å². The maximum Gasteiger partial charge on any atom is 0.318 e. The van der Waals surface area contributed by atoms with E-state index in [9.17, 15) is 4.79 Å². The molecule has 2 aromatic rings. The Bertz CT molecular complexity index is 635. The van der Waals surface area contributed by atoms with Gasteiger partial charge in [0.1, 0.15) is 11.5 Å². The van der Waals surface area contributed by atoms with Gasteiger partial charge in [-0.05, 0) is 32.2 Å². The number of nitrogens with zero attached hydrogens (tertiary/aromatic N) is 3. The second kappa shape index (κ2) is 7.40. The van der Waals surface area contributed by atoms with Gasteiger partial charge in [0, 0.05) is 13.6 Å². The summed E-state index contributed by atoms with van der Waals surface area (Å²) in [6.45, 7) is 5.39. The molecular weight excluding hydrogens is 300 g/mol. The molecule has 2 rings (SSSR count). The average Bonchev–Trinajstić information content (AvgIpc) is 3.08. The lowest BCUT2D eigenvalue weighted by molar-refractivity contribution is 0.192. The summed E-state index contributed by atoms with van der Waals surface area (Å²) in [6.07, 6.45) is 3.77. The van der Waals surface area contributed by atoms with Gasteiger partial charge in [-0.1, -0.05) is 11.8 Å². The Balaban J connectivity index is 1.93. The van der Waals surface area contributed by atoms with Crippen LogP contribution in [0.25, 0.3) is 0 Å². The summed E-state index contributed by atoms with van der Waals surface area (Å²) in [5, 5.41) is 3.86. The molecule has 1 N–H and O–H groups in total. The van der Waals surface area contributed by atoms with E-state index in [1.807, 2.05) is 43.9 Å². The number of imidazole rings is 1. The number of rotatable bonds is 6. The van der Waals surface area contributed by atoms with Crippen LogP contribution in [0.1, 0.15) is 24.1 Å². The number of thioether (sulfide) groups is 1. The van der Waals surface area contributed by atoms with Gasteiger partial charge < -0.3 is 19.2 Å². The van der Waals surface area contributed by atoms with Gasteiger partial charge in [-0.15, -0.1) is 0 Å². The molecule has 7 heteroatoms. The largest absolute Gasteiger partial charge is 0.464 e. The summed E-state index contributed by atoms with van der Waals surface area (Å²) >= 11 is 1.58. The van der Waals surface area contributed by atoms with Crippen molar-refractivity contribution in [3.63, 3.8) is 0 Å². The Morgan fingerprint density at radius 1 is 1.50 bits per heavy atom. The number of amides is 2. The zero-order valence-electron chi connectivity index (χ0n) is 13.4. The minimum atomic E-state index is -0.108. The lowest BCUT2D eigenvalue weighted by atomic mass is 10.4. The van der Waals surface area contributed by atoms with E-state index in [2.05, 4.69) is 10.3 Å². The highest BCUT2D eigenvalue weighted by atomic mass is 32.2. The normalized spacial score (nSPS) is 10.7. The monoisotopic (exact) mass is 322 g/mol. The van der Waals surface area contributed by atoms with Gasteiger partial charge in [0.2, 0.25) is 0 Å². The van der Waals surface area contributed by atoms with Crippen molar-refractivity contribution >= 4 is 17.8 Å². The van der Waals surface area contributed by atoms with E-state index in [-0.39, 0.29) is 6.03 Å². The molecule has 120 valence electrons. The van der Waals surface area contributed by atoms with Crippen molar-refractivity contribution in [1.29, 1.82) is 0 Å². The smallest absolute Gasteiger partial charge is 0.318 e. The number of nitrogens with one attached hydrogen (secondary N) is 1. The van der Waals surface area contributed by atoms with E-state index in [4.69, 9.17) is 4.42 Å². The van der Waals surface area contributed by atoms with E-state index in [0.717, 1.165) is 22.4 Å². The molecule has 6 nitrogen and oxygen atoms in total. The molecule has 0 bridgehead atoms. The van der Waals surface area contributed by atoms with Gasteiger partial charge in [0.15, 0.2) is 5.16 Å². The second-order valence-electron chi connectivity index (χ2n) is 4.98. The predicted octanol–water partition coefficient (Wildman–Crippen LogP) is 2.78. The van der Waals surface area contributed by atoms with Crippen molar-refractivity contribution in [3.05, 3.63) is 35.5 Å². The Hall–Kier alpha value is -1.89. The third kappa shape index (κ3) is 3.85. The van der Waals surface area contributed by atoms with Crippen LogP contribution in [0.5, 0.6) is 0 Å². The third-order valence-corrected chi connectivity index (χ3v) is 4.20. The first-order valence-electron chi connectivity index (χ1n) is 7.17. The Labute approximate surface area is 134 Å². The van der Waals surface area contributed by atoms with Gasteiger partial charge in [-0.3, -0.25) is 0 Å². The van der Waals surface area contributed by atoms with E-state index < -0.39 is 0 Å². The number of urea groups is 1. The quantitative estimate of drug-likeness (QED) is 0.831. The molecular formula is C15H22N4O2S. The molecule has 0 radical (unpaired) electrons. The molecule has 0 aliphatic rings. The van der Waals surface area contributed by atoms with Crippen LogP contribution in [-0.2, 0) is 20.1 Å². The van der Waals surface area contributed by atoms with Crippen LogP contribution in [0.3, 0.4) is 0 Å². The minimum absolute atomic E-state index is 0.108. The van der Waals surface area contributed by atoms with E-state index >= 15 is 0 Å². The second-order valence-corrected chi connectivity index (χ2v) is 5.75. The summed E-state index contributed by atoms with van der Waals surface area (Å²) in [4.78, 5) is 18.3. The molecule has 0 aromatic carbocycles. The van der Waals surface area contributed by atoms with Crippen LogP contribution in [0.4, 0.5) is 4.79 Å². The topological polar surface area (TPSA) is 63.3 Å². The summed E-state index contributed by atoms with van der Waals surface area (Å²) in [5.41, 5.74) is 0.975.